The SMILES string of the molecule is c1ccn2c(c1)cc1c3cccn3cnc12. The minimum Gasteiger partial charge on any atom is -0.307 e. The maximum atomic E-state index is 4.50. The monoisotopic (exact) mass is 207 g/mol. The summed E-state index contributed by atoms with van der Waals surface area (Å²) in [5.74, 6) is 0. The van der Waals surface area contributed by atoms with E-state index in [1.54, 1.807) is 0 Å². The molecule has 3 nitrogen and oxygen atoms in total. The second-order valence-electron chi connectivity index (χ2n) is 3.92. The number of pyridine rings is 1. The van der Waals surface area contributed by atoms with E-state index in [9.17, 15) is 0 Å². The van der Waals surface area contributed by atoms with Gasteiger partial charge in [-0.05, 0) is 30.3 Å². The summed E-state index contributed by atoms with van der Waals surface area (Å²) in [5.41, 5.74) is 3.40. The van der Waals surface area contributed by atoms with Gasteiger partial charge in [-0.25, -0.2) is 4.98 Å². The van der Waals surface area contributed by atoms with Gasteiger partial charge < -0.3 is 8.80 Å². The van der Waals surface area contributed by atoms with Crippen LogP contribution >= 0.6 is 0 Å². The normalized spacial score (nSPS) is 11.8. The lowest BCUT2D eigenvalue weighted by Gasteiger charge is -1.97. The lowest BCUT2D eigenvalue weighted by atomic mass is 10.3. The van der Waals surface area contributed by atoms with Crippen molar-refractivity contribution in [2.75, 3.05) is 0 Å². The number of rotatable bonds is 0. The van der Waals surface area contributed by atoms with Crippen molar-refractivity contribution < 1.29 is 0 Å². The molecule has 0 N–H and O–H groups in total. The number of nitrogens with zero attached hydrogens (tertiary/aromatic N) is 3. The van der Waals surface area contributed by atoms with E-state index < -0.39 is 0 Å². The Bertz CT molecular complexity index is 808. The van der Waals surface area contributed by atoms with E-state index >= 15 is 0 Å². The molecule has 0 aliphatic carbocycles. The molecular weight excluding hydrogens is 198 g/mol. The molecule has 0 fully saturated rings. The summed E-state index contributed by atoms with van der Waals surface area (Å²) in [7, 11) is 0. The zero-order valence-corrected chi connectivity index (χ0v) is 8.54. The number of hydrogen-bond acceptors (Lipinski definition) is 1. The van der Waals surface area contributed by atoms with E-state index in [1.807, 2.05) is 41.3 Å². The predicted molar refractivity (Wildman–Crippen MR) is 63.7 cm³/mol. The van der Waals surface area contributed by atoms with Gasteiger partial charge >= 0.3 is 0 Å². The first-order valence-electron chi connectivity index (χ1n) is 5.25. The van der Waals surface area contributed by atoms with Gasteiger partial charge in [0.1, 0.15) is 12.0 Å². The molecule has 0 bridgehead atoms. The molecule has 4 rings (SSSR count). The van der Waals surface area contributed by atoms with Crippen molar-refractivity contribution in [1.29, 1.82) is 0 Å². The predicted octanol–water partition coefficient (Wildman–Crippen LogP) is 2.74. The highest BCUT2D eigenvalue weighted by Crippen LogP contribution is 2.22. The van der Waals surface area contributed by atoms with Gasteiger partial charge in [-0.3, -0.25) is 0 Å². The lowest BCUT2D eigenvalue weighted by Crippen LogP contribution is -1.88. The summed E-state index contributed by atoms with van der Waals surface area (Å²) in [5, 5.41) is 1.19. The molecule has 76 valence electrons. The molecule has 0 saturated carbocycles. The van der Waals surface area contributed by atoms with Crippen LogP contribution in [-0.4, -0.2) is 13.8 Å². The fraction of sp³-hybridized carbons (Fsp3) is 0. The Morgan fingerprint density at radius 2 is 2.00 bits per heavy atom. The quantitative estimate of drug-likeness (QED) is 0.434. The van der Waals surface area contributed by atoms with E-state index in [-0.39, 0.29) is 0 Å². The maximum absolute atomic E-state index is 4.50. The Morgan fingerprint density at radius 3 is 3.00 bits per heavy atom. The Hall–Kier alpha value is -2.29. The average molecular weight is 207 g/mol. The molecule has 3 heteroatoms. The lowest BCUT2D eigenvalue weighted by molar-refractivity contribution is 1.10. The highest BCUT2D eigenvalue weighted by Gasteiger charge is 2.06. The van der Waals surface area contributed by atoms with Crippen molar-refractivity contribution in [3.05, 3.63) is 55.1 Å². The van der Waals surface area contributed by atoms with Crippen LogP contribution in [0.3, 0.4) is 0 Å². The second kappa shape index (κ2) is 2.64. The van der Waals surface area contributed by atoms with Crippen LogP contribution in [0.4, 0.5) is 0 Å². The Kier molecular flexibility index (Phi) is 1.31. The third kappa shape index (κ3) is 0.852. The zero-order chi connectivity index (χ0) is 10.5. The molecule has 0 aliphatic rings. The summed E-state index contributed by atoms with van der Waals surface area (Å²) < 4.78 is 4.16. The first kappa shape index (κ1) is 7.93. The van der Waals surface area contributed by atoms with Crippen LogP contribution in [-0.2, 0) is 0 Å². The fourth-order valence-electron chi connectivity index (χ4n) is 2.27. The second-order valence-corrected chi connectivity index (χ2v) is 3.92. The van der Waals surface area contributed by atoms with E-state index in [4.69, 9.17) is 0 Å². The number of hydrogen-bond donors (Lipinski definition) is 0. The molecule has 4 aromatic heterocycles. The van der Waals surface area contributed by atoms with Crippen LogP contribution in [0, 0.1) is 0 Å². The fourth-order valence-corrected chi connectivity index (χ4v) is 2.27. The molecule has 0 atom stereocenters. The smallest absolute Gasteiger partial charge is 0.148 e. The van der Waals surface area contributed by atoms with Crippen LogP contribution in [0.1, 0.15) is 0 Å². The van der Waals surface area contributed by atoms with Crippen molar-refractivity contribution >= 4 is 22.1 Å². The molecule has 0 aromatic carbocycles. The Labute approximate surface area is 91.6 Å². The van der Waals surface area contributed by atoms with Crippen LogP contribution in [0.15, 0.2) is 55.1 Å². The molecule has 16 heavy (non-hydrogen) atoms. The van der Waals surface area contributed by atoms with E-state index in [2.05, 4.69) is 27.6 Å². The van der Waals surface area contributed by atoms with Crippen molar-refractivity contribution in [3.8, 4) is 0 Å². The molecule has 0 amide bonds. The Morgan fingerprint density at radius 1 is 1.00 bits per heavy atom. The van der Waals surface area contributed by atoms with Crippen LogP contribution in [0.2, 0.25) is 0 Å². The number of aromatic nitrogens is 3. The zero-order valence-electron chi connectivity index (χ0n) is 8.54. The molecule has 4 aromatic rings. The van der Waals surface area contributed by atoms with Crippen LogP contribution in [0.25, 0.3) is 22.1 Å². The average Bonchev–Trinajstić information content (AvgIpc) is 2.92. The van der Waals surface area contributed by atoms with Crippen molar-refractivity contribution in [1.82, 2.24) is 13.8 Å². The number of fused-ring (bicyclic) bond motifs is 5. The highest BCUT2D eigenvalue weighted by atomic mass is 15.0. The summed E-state index contributed by atoms with van der Waals surface area (Å²) >= 11 is 0. The van der Waals surface area contributed by atoms with Gasteiger partial charge in [0, 0.05) is 23.3 Å². The topological polar surface area (TPSA) is 21.7 Å². The van der Waals surface area contributed by atoms with Crippen LogP contribution < -0.4 is 0 Å². The maximum Gasteiger partial charge on any atom is 0.148 e. The van der Waals surface area contributed by atoms with Gasteiger partial charge in [-0.15, -0.1) is 0 Å². The third-order valence-electron chi connectivity index (χ3n) is 3.01. The van der Waals surface area contributed by atoms with Crippen molar-refractivity contribution in [3.63, 3.8) is 0 Å². The summed E-state index contributed by atoms with van der Waals surface area (Å²) in [6, 6.07) is 12.5. The molecule has 0 radical (unpaired) electrons. The minimum atomic E-state index is 1.02. The van der Waals surface area contributed by atoms with Gasteiger partial charge in [-0.1, -0.05) is 6.07 Å². The first-order valence-corrected chi connectivity index (χ1v) is 5.25. The molecule has 0 unspecified atom stereocenters. The summed E-state index contributed by atoms with van der Waals surface area (Å²) in [6.07, 6.45) is 5.92. The van der Waals surface area contributed by atoms with Crippen LogP contribution in [0.5, 0.6) is 0 Å². The standard InChI is InChI=1S/C13H9N3/c1-2-7-16-10(4-1)8-11-12-5-3-6-15(12)9-14-13(11)16/h1-9H. The van der Waals surface area contributed by atoms with Gasteiger partial charge in [0.05, 0.1) is 5.52 Å². The molecule has 0 spiro atoms. The molecular formula is C13H9N3. The van der Waals surface area contributed by atoms with E-state index in [1.165, 1.54) is 16.4 Å². The summed E-state index contributed by atoms with van der Waals surface area (Å²) in [6.45, 7) is 0. The molecule has 0 saturated heterocycles. The van der Waals surface area contributed by atoms with E-state index in [0.717, 1.165) is 5.65 Å². The van der Waals surface area contributed by atoms with Gasteiger partial charge in [0.2, 0.25) is 0 Å². The van der Waals surface area contributed by atoms with Gasteiger partial charge in [-0.2, -0.15) is 0 Å². The minimum absolute atomic E-state index is 1.02. The largest absolute Gasteiger partial charge is 0.307 e. The Balaban J connectivity index is 2.38. The summed E-state index contributed by atoms with van der Waals surface area (Å²) in [4.78, 5) is 4.50. The van der Waals surface area contributed by atoms with Crippen molar-refractivity contribution in [2.45, 2.75) is 0 Å². The third-order valence-corrected chi connectivity index (χ3v) is 3.01. The molecule has 0 aliphatic heterocycles. The van der Waals surface area contributed by atoms with E-state index in [0.29, 0.717) is 0 Å². The highest BCUT2D eigenvalue weighted by molar-refractivity contribution is 5.96. The van der Waals surface area contributed by atoms with Gasteiger partial charge in [0.15, 0.2) is 0 Å². The van der Waals surface area contributed by atoms with Crippen molar-refractivity contribution in [2.24, 2.45) is 0 Å². The first-order chi connectivity index (χ1) is 7.93. The van der Waals surface area contributed by atoms with Gasteiger partial charge in [0.25, 0.3) is 0 Å². The molecule has 4 heterocycles.